The second kappa shape index (κ2) is 8.35. The van der Waals surface area contributed by atoms with E-state index in [-0.39, 0.29) is 20.9 Å². The lowest BCUT2D eigenvalue weighted by Crippen LogP contribution is -2.32. The van der Waals surface area contributed by atoms with E-state index in [1.165, 1.54) is 12.3 Å². The Kier molecular flexibility index (Phi) is 5.91. The summed E-state index contributed by atoms with van der Waals surface area (Å²) in [6.45, 7) is 0. The number of para-hydroxylation sites is 1. The number of carbonyl (C=O) groups is 2. The van der Waals surface area contributed by atoms with Crippen LogP contribution in [0.1, 0.15) is 5.56 Å². The lowest BCUT2D eigenvalue weighted by atomic mass is 10.2. The fourth-order valence-corrected chi connectivity index (χ4v) is 2.73. The van der Waals surface area contributed by atoms with Crippen LogP contribution in [0.5, 0.6) is 0 Å². The molecule has 0 spiro atoms. The summed E-state index contributed by atoms with van der Waals surface area (Å²) in [5, 5.41) is 7.58. The number of rotatable bonds is 3. The van der Waals surface area contributed by atoms with Gasteiger partial charge in [0.05, 0.1) is 27.5 Å². The summed E-state index contributed by atoms with van der Waals surface area (Å²) in [5.41, 5.74) is 3.57. The van der Waals surface area contributed by atoms with Crippen molar-refractivity contribution < 1.29 is 9.59 Å². The van der Waals surface area contributed by atoms with Gasteiger partial charge in [-0.05, 0) is 24.3 Å². The van der Waals surface area contributed by atoms with E-state index in [0.29, 0.717) is 5.56 Å². The zero-order valence-electron chi connectivity index (χ0n) is 13.5. The van der Waals surface area contributed by atoms with Gasteiger partial charge in [0.25, 0.3) is 0 Å². The van der Waals surface area contributed by atoms with Crippen LogP contribution in [0.15, 0.2) is 53.6 Å². The summed E-state index contributed by atoms with van der Waals surface area (Å²) >= 11 is 17.9. The van der Waals surface area contributed by atoms with Crippen molar-refractivity contribution in [1.29, 1.82) is 0 Å². The molecule has 9 heteroatoms. The molecule has 0 aliphatic heterocycles. The standard InChI is InChI=1S/C18H11Cl3N4O2/c19-12-5-3-7-14(15(12)20)24-17(26)18(27)25-22-9-11-8-10-4-1-2-6-13(10)23-16(11)21/h1-9H,(H,24,26)(H,25,27). The maximum atomic E-state index is 11.9. The van der Waals surface area contributed by atoms with Gasteiger partial charge >= 0.3 is 11.8 Å². The van der Waals surface area contributed by atoms with Crippen LogP contribution in [0.2, 0.25) is 15.2 Å². The van der Waals surface area contributed by atoms with Crippen LogP contribution in [-0.2, 0) is 9.59 Å². The predicted octanol–water partition coefficient (Wildman–Crippen LogP) is 4.28. The molecule has 0 aliphatic carbocycles. The monoisotopic (exact) mass is 420 g/mol. The van der Waals surface area contributed by atoms with E-state index in [4.69, 9.17) is 34.8 Å². The normalized spacial score (nSPS) is 10.9. The molecule has 27 heavy (non-hydrogen) atoms. The minimum absolute atomic E-state index is 0.137. The summed E-state index contributed by atoms with van der Waals surface area (Å²) in [7, 11) is 0. The van der Waals surface area contributed by atoms with Crippen LogP contribution in [0.25, 0.3) is 10.9 Å². The maximum absolute atomic E-state index is 11.9. The Morgan fingerprint density at radius 1 is 1.00 bits per heavy atom. The molecule has 3 rings (SSSR count). The SMILES string of the molecule is O=C(NN=Cc1cc2ccccc2nc1Cl)C(=O)Nc1cccc(Cl)c1Cl. The number of hydrogen-bond donors (Lipinski definition) is 2. The topological polar surface area (TPSA) is 83.5 Å². The van der Waals surface area contributed by atoms with Crippen LogP contribution in [0, 0.1) is 0 Å². The molecular weight excluding hydrogens is 411 g/mol. The van der Waals surface area contributed by atoms with Crippen LogP contribution in [0.4, 0.5) is 5.69 Å². The summed E-state index contributed by atoms with van der Waals surface area (Å²) < 4.78 is 0. The van der Waals surface area contributed by atoms with Gasteiger partial charge in [-0.2, -0.15) is 5.10 Å². The third-order valence-corrected chi connectivity index (χ3v) is 4.60. The van der Waals surface area contributed by atoms with Gasteiger partial charge in [0.15, 0.2) is 0 Å². The highest BCUT2D eigenvalue weighted by atomic mass is 35.5. The van der Waals surface area contributed by atoms with Gasteiger partial charge in [-0.1, -0.05) is 59.1 Å². The molecule has 0 atom stereocenters. The largest absolute Gasteiger partial charge is 0.329 e. The molecule has 6 nitrogen and oxygen atoms in total. The van der Waals surface area contributed by atoms with Crippen LogP contribution >= 0.6 is 34.8 Å². The average molecular weight is 422 g/mol. The number of anilines is 1. The number of nitrogens with one attached hydrogen (secondary N) is 2. The van der Waals surface area contributed by atoms with Gasteiger partial charge < -0.3 is 5.32 Å². The lowest BCUT2D eigenvalue weighted by Gasteiger charge is -2.07. The number of amides is 2. The first-order valence-electron chi connectivity index (χ1n) is 7.59. The van der Waals surface area contributed by atoms with E-state index in [9.17, 15) is 9.59 Å². The predicted molar refractivity (Wildman–Crippen MR) is 108 cm³/mol. The Bertz CT molecular complexity index is 1070. The third kappa shape index (κ3) is 4.54. The number of fused-ring (bicyclic) bond motifs is 1. The molecule has 0 bridgehead atoms. The average Bonchev–Trinajstić information content (AvgIpc) is 2.65. The molecular formula is C18H11Cl3N4O2. The van der Waals surface area contributed by atoms with Crippen molar-refractivity contribution in [3.8, 4) is 0 Å². The highest BCUT2D eigenvalue weighted by Gasteiger charge is 2.15. The van der Waals surface area contributed by atoms with Gasteiger partial charge in [-0.25, -0.2) is 10.4 Å². The molecule has 2 aromatic carbocycles. The summed E-state index contributed by atoms with van der Waals surface area (Å²) in [6, 6.07) is 13.9. The molecule has 1 heterocycles. The number of hydrogen-bond acceptors (Lipinski definition) is 4. The van der Waals surface area contributed by atoms with E-state index in [0.717, 1.165) is 10.9 Å². The lowest BCUT2D eigenvalue weighted by molar-refractivity contribution is -0.136. The Morgan fingerprint density at radius 3 is 2.59 bits per heavy atom. The van der Waals surface area contributed by atoms with Crippen molar-refractivity contribution in [2.45, 2.75) is 0 Å². The number of pyridine rings is 1. The molecule has 2 N–H and O–H groups in total. The van der Waals surface area contributed by atoms with E-state index in [2.05, 4.69) is 20.8 Å². The fourth-order valence-electron chi connectivity index (χ4n) is 2.19. The number of carbonyl (C=O) groups excluding carboxylic acids is 2. The van der Waals surface area contributed by atoms with E-state index in [1.54, 1.807) is 18.2 Å². The van der Waals surface area contributed by atoms with Crippen molar-refractivity contribution in [2.24, 2.45) is 5.10 Å². The minimum atomic E-state index is -0.979. The summed E-state index contributed by atoms with van der Waals surface area (Å²) in [4.78, 5) is 28.0. The number of nitrogens with zero attached hydrogens (tertiary/aromatic N) is 2. The van der Waals surface area contributed by atoms with Crippen molar-refractivity contribution in [3.63, 3.8) is 0 Å². The molecule has 0 radical (unpaired) electrons. The van der Waals surface area contributed by atoms with E-state index >= 15 is 0 Å². The minimum Gasteiger partial charge on any atom is -0.316 e. The van der Waals surface area contributed by atoms with E-state index in [1.807, 2.05) is 24.3 Å². The van der Waals surface area contributed by atoms with Crippen LogP contribution in [0.3, 0.4) is 0 Å². The molecule has 0 unspecified atom stereocenters. The fraction of sp³-hybridized carbons (Fsp3) is 0. The Hall–Kier alpha value is -2.67. The first kappa shape index (κ1) is 19.1. The number of hydrazone groups is 1. The first-order chi connectivity index (χ1) is 13.0. The number of aromatic nitrogens is 1. The quantitative estimate of drug-likeness (QED) is 0.286. The molecule has 136 valence electrons. The molecule has 1 aromatic heterocycles. The zero-order valence-corrected chi connectivity index (χ0v) is 15.8. The van der Waals surface area contributed by atoms with Gasteiger partial charge in [0.2, 0.25) is 0 Å². The molecule has 0 aliphatic rings. The van der Waals surface area contributed by atoms with Crippen LogP contribution < -0.4 is 10.7 Å². The second-order valence-corrected chi connectivity index (χ2v) is 6.46. The molecule has 2 amide bonds. The molecule has 0 saturated carbocycles. The van der Waals surface area contributed by atoms with Gasteiger partial charge in [0, 0.05) is 10.9 Å². The first-order valence-corrected chi connectivity index (χ1v) is 8.73. The number of benzene rings is 2. The van der Waals surface area contributed by atoms with Crippen molar-refractivity contribution >= 4 is 69.4 Å². The van der Waals surface area contributed by atoms with Gasteiger partial charge in [-0.15, -0.1) is 0 Å². The molecule has 0 fully saturated rings. The third-order valence-electron chi connectivity index (χ3n) is 3.48. The van der Waals surface area contributed by atoms with Gasteiger partial charge in [0.1, 0.15) is 5.15 Å². The molecule has 3 aromatic rings. The molecule has 0 saturated heterocycles. The second-order valence-electron chi connectivity index (χ2n) is 5.32. The smallest absolute Gasteiger partial charge is 0.316 e. The van der Waals surface area contributed by atoms with Crippen molar-refractivity contribution in [1.82, 2.24) is 10.4 Å². The summed E-state index contributed by atoms with van der Waals surface area (Å²) in [5.74, 6) is -1.92. The maximum Gasteiger partial charge on any atom is 0.329 e. The number of halogens is 3. The highest BCUT2D eigenvalue weighted by molar-refractivity contribution is 6.45. The zero-order chi connectivity index (χ0) is 19.4. The summed E-state index contributed by atoms with van der Waals surface area (Å²) in [6.07, 6.45) is 1.30. The van der Waals surface area contributed by atoms with Gasteiger partial charge in [-0.3, -0.25) is 9.59 Å². The Labute approximate surface area is 169 Å². The Morgan fingerprint density at radius 2 is 1.78 bits per heavy atom. The van der Waals surface area contributed by atoms with Crippen LogP contribution in [-0.4, -0.2) is 23.0 Å². The van der Waals surface area contributed by atoms with Crippen molar-refractivity contribution in [2.75, 3.05) is 5.32 Å². The van der Waals surface area contributed by atoms with E-state index < -0.39 is 11.8 Å². The van der Waals surface area contributed by atoms with Crippen molar-refractivity contribution in [3.05, 3.63) is 69.3 Å². The Balaban J connectivity index is 1.67. The highest BCUT2D eigenvalue weighted by Crippen LogP contribution is 2.29.